The summed E-state index contributed by atoms with van der Waals surface area (Å²) in [6.45, 7) is 3.28. The fourth-order valence-electron chi connectivity index (χ4n) is 4.38. The molecule has 10 heteroatoms. The zero-order valence-corrected chi connectivity index (χ0v) is 19.7. The number of aromatic nitrogens is 3. The minimum absolute atomic E-state index is 0.0979. The van der Waals surface area contributed by atoms with E-state index in [1.54, 1.807) is 43.0 Å². The third-order valence-corrected chi connectivity index (χ3v) is 6.40. The molecule has 36 heavy (non-hydrogen) atoms. The van der Waals surface area contributed by atoms with E-state index in [0.29, 0.717) is 24.3 Å². The van der Waals surface area contributed by atoms with E-state index in [-0.39, 0.29) is 17.8 Å². The number of carbonyl (C=O) groups is 1. The molecule has 5 rings (SSSR count). The van der Waals surface area contributed by atoms with Crippen molar-refractivity contribution in [1.29, 1.82) is 0 Å². The van der Waals surface area contributed by atoms with Gasteiger partial charge >= 0.3 is 6.18 Å². The highest BCUT2D eigenvalue weighted by Gasteiger charge is 2.34. The molecule has 0 bridgehead atoms. The van der Waals surface area contributed by atoms with Crippen molar-refractivity contribution in [2.75, 3.05) is 38.5 Å². The van der Waals surface area contributed by atoms with Crippen molar-refractivity contribution < 1.29 is 18.0 Å². The number of rotatable bonds is 5. The molecule has 186 valence electrons. The number of alkyl halides is 3. The van der Waals surface area contributed by atoms with Gasteiger partial charge in [0.25, 0.3) is 5.91 Å². The van der Waals surface area contributed by atoms with Crippen LogP contribution in [-0.2, 0) is 12.7 Å². The molecule has 1 N–H and O–H groups in total. The summed E-state index contributed by atoms with van der Waals surface area (Å²) >= 11 is 0. The fraction of sp³-hybridized carbons (Fsp3) is 0.269. The van der Waals surface area contributed by atoms with Crippen molar-refractivity contribution >= 4 is 17.2 Å². The molecule has 1 amide bonds. The summed E-state index contributed by atoms with van der Waals surface area (Å²) in [5.41, 5.74) is 2.09. The van der Waals surface area contributed by atoms with Crippen LogP contribution in [0.3, 0.4) is 0 Å². The van der Waals surface area contributed by atoms with Crippen molar-refractivity contribution in [2.45, 2.75) is 12.7 Å². The van der Waals surface area contributed by atoms with E-state index in [1.807, 2.05) is 22.4 Å². The van der Waals surface area contributed by atoms with E-state index in [9.17, 15) is 18.0 Å². The second kappa shape index (κ2) is 9.71. The summed E-state index contributed by atoms with van der Waals surface area (Å²) in [7, 11) is 2.00. The van der Waals surface area contributed by atoms with Crippen LogP contribution in [0.2, 0.25) is 0 Å². The molecule has 1 fully saturated rings. The minimum Gasteiger partial charge on any atom is -0.322 e. The zero-order valence-electron chi connectivity index (χ0n) is 19.7. The maximum Gasteiger partial charge on any atom is 0.416 e. The molecule has 7 nitrogen and oxygen atoms in total. The van der Waals surface area contributed by atoms with E-state index >= 15 is 0 Å². The number of amides is 1. The largest absolute Gasteiger partial charge is 0.416 e. The van der Waals surface area contributed by atoms with Gasteiger partial charge < -0.3 is 10.2 Å². The Labute approximate surface area is 206 Å². The molecule has 0 aliphatic carbocycles. The summed E-state index contributed by atoms with van der Waals surface area (Å²) in [6, 6.07) is 10.9. The lowest BCUT2D eigenvalue weighted by Gasteiger charge is -2.33. The summed E-state index contributed by atoms with van der Waals surface area (Å²) < 4.78 is 43.5. The van der Waals surface area contributed by atoms with Gasteiger partial charge in [-0.15, -0.1) is 0 Å². The van der Waals surface area contributed by atoms with Crippen LogP contribution in [0.1, 0.15) is 21.5 Å². The van der Waals surface area contributed by atoms with Crippen LogP contribution in [-0.4, -0.2) is 63.3 Å². The first-order valence-corrected chi connectivity index (χ1v) is 11.6. The topological polar surface area (TPSA) is 65.8 Å². The third kappa shape index (κ3) is 5.09. The number of fused-ring (bicyclic) bond motifs is 1. The molecular weight excluding hydrogens is 469 g/mol. The molecule has 0 atom stereocenters. The van der Waals surface area contributed by atoms with Gasteiger partial charge in [-0.05, 0) is 36.9 Å². The van der Waals surface area contributed by atoms with Crippen molar-refractivity contribution in [2.24, 2.45) is 0 Å². The van der Waals surface area contributed by atoms with E-state index in [4.69, 9.17) is 0 Å². The summed E-state index contributed by atoms with van der Waals surface area (Å²) in [6.07, 6.45) is 2.20. The number of hydrogen-bond acceptors (Lipinski definition) is 5. The Morgan fingerprint density at radius 1 is 1.06 bits per heavy atom. The van der Waals surface area contributed by atoms with Gasteiger partial charge in [0.1, 0.15) is 0 Å². The fourth-order valence-corrected chi connectivity index (χ4v) is 4.38. The molecule has 1 aliphatic heterocycles. The predicted molar refractivity (Wildman–Crippen MR) is 131 cm³/mol. The number of halogens is 3. The standard InChI is InChI=1S/C26H25F3N6O/c1-33-9-11-34(12-10-33)17-20-5-6-21(14-22(20)26(27,28)29)32-25(36)19-4-2-3-18(13-19)23-15-31-24-16-30-7-8-35(23)24/h2-8,13-16H,9-12,17H2,1H3,(H,32,36). The molecule has 0 unspecified atom stereocenters. The van der Waals surface area contributed by atoms with Gasteiger partial charge in [-0.25, -0.2) is 4.98 Å². The molecule has 0 spiro atoms. The molecule has 2 aromatic heterocycles. The van der Waals surface area contributed by atoms with E-state index in [1.165, 1.54) is 12.1 Å². The number of piperazine rings is 1. The van der Waals surface area contributed by atoms with Crippen LogP contribution in [0.5, 0.6) is 0 Å². The van der Waals surface area contributed by atoms with Crippen molar-refractivity contribution in [3.8, 4) is 11.3 Å². The van der Waals surface area contributed by atoms with Gasteiger partial charge in [0.15, 0.2) is 5.65 Å². The minimum atomic E-state index is -4.53. The Morgan fingerprint density at radius 3 is 2.64 bits per heavy atom. The quantitative estimate of drug-likeness (QED) is 0.445. The highest BCUT2D eigenvalue weighted by Crippen LogP contribution is 2.35. The lowest BCUT2D eigenvalue weighted by Crippen LogP contribution is -2.44. The molecular formula is C26H25F3N6O. The van der Waals surface area contributed by atoms with E-state index in [2.05, 4.69) is 20.2 Å². The van der Waals surface area contributed by atoms with Crippen molar-refractivity contribution in [3.63, 3.8) is 0 Å². The normalized spacial score (nSPS) is 15.3. The van der Waals surface area contributed by atoms with Gasteiger partial charge in [0, 0.05) is 61.9 Å². The molecule has 2 aromatic carbocycles. The Bertz CT molecular complexity index is 1390. The molecule has 3 heterocycles. The van der Waals surface area contributed by atoms with Crippen molar-refractivity contribution in [3.05, 3.63) is 83.9 Å². The maximum absolute atomic E-state index is 13.9. The highest BCUT2D eigenvalue weighted by molar-refractivity contribution is 6.05. The number of imidazole rings is 1. The number of carbonyl (C=O) groups excluding carboxylic acids is 1. The van der Waals surface area contributed by atoms with Gasteiger partial charge in [-0.2, -0.15) is 13.2 Å². The zero-order chi connectivity index (χ0) is 25.3. The number of nitrogens with zero attached hydrogens (tertiary/aromatic N) is 5. The molecule has 1 saturated heterocycles. The van der Waals surface area contributed by atoms with Crippen LogP contribution in [0, 0.1) is 0 Å². The SMILES string of the molecule is CN1CCN(Cc2ccc(NC(=O)c3cccc(-c4cnc5cnccn45)c3)cc2C(F)(F)F)CC1. The number of likely N-dealkylation sites (N-methyl/N-ethyl adjacent to an activating group) is 1. The van der Waals surface area contributed by atoms with Gasteiger partial charge in [-0.3, -0.25) is 19.1 Å². The van der Waals surface area contributed by atoms with Gasteiger partial charge in [-0.1, -0.05) is 18.2 Å². The summed E-state index contributed by atoms with van der Waals surface area (Å²) in [5.74, 6) is -0.493. The number of nitrogens with one attached hydrogen (secondary N) is 1. The molecule has 4 aromatic rings. The third-order valence-electron chi connectivity index (χ3n) is 6.40. The Morgan fingerprint density at radius 2 is 1.86 bits per heavy atom. The first-order chi connectivity index (χ1) is 17.3. The highest BCUT2D eigenvalue weighted by atomic mass is 19.4. The number of hydrogen-bond donors (Lipinski definition) is 1. The Kier molecular flexibility index (Phi) is 6.46. The van der Waals surface area contributed by atoms with Crippen LogP contribution >= 0.6 is 0 Å². The first kappa shape index (κ1) is 24.0. The monoisotopic (exact) mass is 494 g/mol. The van der Waals surface area contributed by atoms with Crippen LogP contribution < -0.4 is 5.32 Å². The predicted octanol–water partition coefficient (Wildman–Crippen LogP) is 4.41. The summed E-state index contributed by atoms with van der Waals surface area (Å²) in [4.78, 5) is 25.5. The number of anilines is 1. The number of benzene rings is 2. The van der Waals surface area contributed by atoms with Crippen LogP contribution in [0.4, 0.5) is 18.9 Å². The second-order valence-electron chi connectivity index (χ2n) is 8.93. The molecule has 1 aliphatic rings. The second-order valence-corrected chi connectivity index (χ2v) is 8.93. The van der Waals surface area contributed by atoms with Crippen LogP contribution in [0.25, 0.3) is 16.9 Å². The average molecular weight is 495 g/mol. The molecule has 0 radical (unpaired) electrons. The Balaban J connectivity index is 1.36. The smallest absolute Gasteiger partial charge is 0.322 e. The van der Waals surface area contributed by atoms with E-state index < -0.39 is 17.6 Å². The van der Waals surface area contributed by atoms with Gasteiger partial charge in [0.2, 0.25) is 0 Å². The Hall–Kier alpha value is -3.76. The lowest BCUT2D eigenvalue weighted by molar-refractivity contribution is -0.138. The lowest BCUT2D eigenvalue weighted by atomic mass is 10.0. The first-order valence-electron chi connectivity index (χ1n) is 11.6. The average Bonchev–Trinajstić information content (AvgIpc) is 3.30. The maximum atomic E-state index is 13.9. The summed E-state index contributed by atoms with van der Waals surface area (Å²) in [5, 5.41) is 2.63. The molecule has 0 saturated carbocycles. The van der Waals surface area contributed by atoms with E-state index in [0.717, 1.165) is 30.4 Å². The van der Waals surface area contributed by atoms with Crippen LogP contribution in [0.15, 0.2) is 67.3 Å². The van der Waals surface area contributed by atoms with Gasteiger partial charge in [0.05, 0.1) is 23.7 Å². The van der Waals surface area contributed by atoms with Crippen molar-refractivity contribution in [1.82, 2.24) is 24.2 Å².